The molecule has 1 amide bonds. The Morgan fingerprint density at radius 1 is 1.16 bits per heavy atom. The van der Waals surface area contributed by atoms with Crippen molar-refractivity contribution in [1.82, 2.24) is 0 Å². The molecule has 2 bridgehead atoms. The Labute approximate surface area is 257 Å². The number of esters is 1. The highest BCUT2D eigenvalue weighted by Gasteiger charge is 2.68. The van der Waals surface area contributed by atoms with Gasteiger partial charge in [-0.3, -0.25) is 14.4 Å². The fourth-order valence-electron chi connectivity index (χ4n) is 8.30. The molecule has 2 N–H and O–H groups in total. The number of rotatable bonds is 7. The SMILES string of the molecule is C=C[C@]1(C)C[C@@H](OC(=O)CSc2ccc(NC(=O)c3cccc(F)c3)cc2)[C@]2(C)[C@H](C)CC[C@]3(CCC(=O)[C@H]32)[C@@H](C)[C@@H]1O. The molecule has 0 aliphatic heterocycles. The maximum absolute atomic E-state index is 13.6. The highest BCUT2D eigenvalue weighted by molar-refractivity contribution is 8.00. The highest BCUT2D eigenvalue weighted by atomic mass is 32.2. The molecular formula is C35H42FNO5S. The summed E-state index contributed by atoms with van der Waals surface area (Å²) in [6.45, 7) is 12.5. The van der Waals surface area contributed by atoms with E-state index >= 15 is 0 Å². The molecule has 8 heteroatoms. The molecule has 8 atom stereocenters. The van der Waals surface area contributed by atoms with Gasteiger partial charge in [0.25, 0.3) is 5.91 Å². The van der Waals surface area contributed by atoms with Crippen LogP contribution in [0.15, 0.2) is 66.1 Å². The molecular weight excluding hydrogens is 565 g/mol. The van der Waals surface area contributed by atoms with Gasteiger partial charge in [-0.25, -0.2) is 4.39 Å². The summed E-state index contributed by atoms with van der Waals surface area (Å²) in [5, 5.41) is 14.4. The van der Waals surface area contributed by atoms with Crippen molar-refractivity contribution in [2.75, 3.05) is 11.1 Å². The summed E-state index contributed by atoms with van der Waals surface area (Å²) in [7, 11) is 0. The van der Waals surface area contributed by atoms with E-state index in [9.17, 15) is 23.9 Å². The van der Waals surface area contributed by atoms with Gasteiger partial charge in [-0.15, -0.1) is 18.3 Å². The van der Waals surface area contributed by atoms with Crippen LogP contribution in [0.4, 0.5) is 10.1 Å². The summed E-state index contributed by atoms with van der Waals surface area (Å²) in [6.07, 6.45) is 4.03. The number of aliphatic hydroxyl groups excluding tert-OH is 1. The maximum Gasteiger partial charge on any atom is 0.316 e. The Bertz CT molecular complexity index is 1410. The summed E-state index contributed by atoms with van der Waals surface area (Å²) in [4.78, 5) is 40.2. The molecule has 6 nitrogen and oxygen atoms in total. The second-order valence-corrected chi connectivity index (χ2v) is 14.4. The normalized spacial score (nSPS) is 35.3. The molecule has 3 saturated carbocycles. The first-order valence-corrected chi connectivity index (χ1v) is 16.2. The van der Waals surface area contributed by atoms with Crippen LogP contribution in [0.1, 0.15) is 70.2 Å². The van der Waals surface area contributed by atoms with Crippen molar-refractivity contribution in [3.8, 4) is 0 Å². The molecule has 2 aromatic carbocycles. The van der Waals surface area contributed by atoms with Gasteiger partial charge >= 0.3 is 5.97 Å². The minimum atomic E-state index is -0.702. The Hall–Kier alpha value is -2.97. The highest BCUT2D eigenvalue weighted by Crippen LogP contribution is 2.68. The van der Waals surface area contributed by atoms with Crippen LogP contribution in [0.5, 0.6) is 0 Å². The first-order valence-electron chi connectivity index (χ1n) is 15.2. The summed E-state index contributed by atoms with van der Waals surface area (Å²) in [5.74, 6) is -1.13. The average Bonchev–Trinajstić information content (AvgIpc) is 3.35. The van der Waals surface area contributed by atoms with Gasteiger partial charge in [0, 0.05) is 39.3 Å². The minimum absolute atomic E-state index is 0.0729. The Kier molecular flexibility index (Phi) is 8.67. The number of nitrogens with one attached hydrogen (secondary N) is 1. The number of halogens is 1. The zero-order valence-corrected chi connectivity index (χ0v) is 26.2. The monoisotopic (exact) mass is 607 g/mol. The largest absolute Gasteiger partial charge is 0.461 e. The number of anilines is 1. The Morgan fingerprint density at radius 2 is 1.88 bits per heavy atom. The maximum atomic E-state index is 13.6. The van der Waals surface area contributed by atoms with Gasteiger partial charge < -0.3 is 15.2 Å². The van der Waals surface area contributed by atoms with Gasteiger partial charge in [0.15, 0.2) is 0 Å². The number of carbonyl (C=O) groups is 3. The van der Waals surface area contributed by atoms with Crippen molar-refractivity contribution in [2.45, 2.75) is 76.9 Å². The number of hydrogen-bond acceptors (Lipinski definition) is 6. The van der Waals surface area contributed by atoms with Crippen LogP contribution in [-0.2, 0) is 14.3 Å². The topological polar surface area (TPSA) is 92.7 Å². The van der Waals surface area contributed by atoms with Crippen LogP contribution in [0, 0.1) is 39.8 Å². The number of hydrogen-bond donors (Lipinski definition) is 2. The van der Waals surface area contributed by atoms with Gasteiger partial charge in [-0.05, 0) is 85.4 Å². The molecule has 230 valence electrons. The molecule has 0 radical (unpaired) electrons. The van der Waals surface area contributed by atoms with Gasteiger partial charge in [0.05, 0.1) is 11.9 Å². The molecule has 3 aliphatic rings. The van der Waals surface area contributed by atoms with E-state index in [-0.39, 0.29) is 46.2 Å². The molecule has 0 saturated heterocycles. The van der Waals surface area contributed by atoms with Gasteiger partial charge in [-0.1, -0.05) is 39.8 Å². The van der Waals surface area contributed by atoms with Crippen molar-refractivity contribution in [1.29, 1.82) is 0 Å². The molecule has 3 fully saturated rings. The number of benzene rings is 2. The number of Topliss-reactive ketones (excluding diaryl/α,β-unsaturated/α-hetero) is 1. The van der Waals surface area contributed by atoms with E-state index in [2.05, 4.69) is 32.7 Å². The van der Waals surface area contributed by atoms with Crippen LogP contribution < -0.4 is 5.32 Å². The number of aliphatic hydroxyl groups is 1. The summed E-state index contributed by atoms with van der Waals surface area (Å²) >= 11 is 1.33. The van der Waals surface area contributed by atoms with E-state index in [0.717, 1.165) is 24.2 Å². The number of thioether (sulfide) groups is 1. The molecule has 3 aliphatic carbocycles. The smallest absolute Gasteiger partial charge is 0.316 e. The number of carbonyl (C=O) groups excluding carboxylic acids is 3. The van der Waals surface area contributed by atoms with E-state index in [4.69, 9.17) is 4.74 Å². The van der Waals surface area contributed by atoms with Crippen molar-refractivity contribution >= 4 is 35.1 Å². The molecule has 5 rings (SSSR count). The van der Waals surface area contributed by atoms with Crippen LogP contribution in [0.3, 0.4) is 0 Å². The lowest BCUT2D eigenvalue weighted by atomic mass is 9.44. The molecule has 0 aromatic heterocycles. The third-order valence-corrected chi connectivity index (χ3v) is 12.1. The van der Waals surface area contributed by atoms with E-state index in [1.807, 2.05) is 6.92 Å². The molecule has 0 heterocycles. The summed E-state index contributed by atoms with van der Waals surface area (Å²) < 4.78 is 19.8. The first-order chi connectivity index (χ1) is 20.3. The van der Waals surface area contributed by atoms with E-state index < -0.39 is 34.8 Å². The average molecular weight is 608 g/mol. The fraction of sp³-hybridized carbons (Fsp3) is 0.514. The van der Waals surface area contributed by atoms with Crippen molar-refractivity contribution in [3.05, 3.63) is 72.6 Å². The van der Waals surface area contributed by atoms with Crippen molar-refractivity contribution in [3.63, 3.8) is 0 Å². The molecule has 2 aromatic rings. The third-order valence-electron chi connectivity index (χ3n) is 11.1. The van der Waals surface area contributed by atoms with E-state index in [0.29, 0.717) is 18.5 Å². The Balaban J connectivity index is 1.30. The lowest BCUT2D eigenvalue weighted by Gasteiger charge is -2.61. The van der Waals surface area contributed by atoms with E-state index in [1.54, 1.807) is 36.4 Å². The molecule has 0 spiro atoms. The van der Waals surface area contributed by atoms with Crippen LogP contribution in [0.2, 0.25) is 0 Å². The quantitative estimate of drug-likeness (QED) is 0.199. The zero-order valence-electron chi connectivity index (χ0n) is 25.4. The lowest BCUT2D eigenvalue weighted by molar-refractivity contribution is -0.205. The van der Waals surface area contributed by atoms with Crippen LogP contribution >= 0.6 is 11.8 Å². The Morgan fingerprint density at radius 3 is 2.56 bits per heavy atom. The fourth-order valence-corrected chi connectivity index (χ4v) is 8.98. The number of ether oxygens (including phenoxy) is 1. The van der Waals surface area contributed by atoms with Crippen molar-refractivity contribution in [2.24, 2.45) is 34.0 Å². The second kappa shape index (κ2) is 11.8. The predicted octanol–water partition coefficient (Wildman–Crippen LogP) is 7.08. The third kappa shape index (κ3) is 5.57. The number of amides is 1. The van der Waals surface area contributed by atoms with Gasteiger partial charge in [0.1, 0.15) is 17.7 Å². The van der Waals surface area contributed by atoms with Gasteiger partial charge in [-0.2, -0.15) is 0 Å². The second-order valence-electron chi connectivity index (χ2n) is 13.3. The summed E-state index contributed by atoms with van der Waals surface area (Å²) in [5.41, 5.74) is -0.760. The van der Waals surface area contributed by atoms with E-state index in [1.165, 1.54) is 30.0 Å². The van der Waals surface area contributed by atoms with Crippen LogP contribution in [0.25, 0.3) is 0 Å². The first kappa shape index (κ1) is 31.5. The predicted molar refractivity (Wildman–Crippen MR) is 166 cm³/mol. The lowest BCUT2D eigenvalue weighted by Crippen LogP contribution is -2.63. The minimum Gasteiger partial charge on any atom is -0.461 e. The summed E-state index contributed by atoms with van der Waals surface area (Å²) in [6, 6.07) is 12.6. The van der Waals surface area contributed by atoms with Gasteiger partial charge in [0.2, 0.25) is 0 Å². The van der Waals surface area contributed by atoms with Crippen molar-refractivity contribution < 1.29 is 28.6 Å². The zero-order chi connectivity index (χ0) is 31.2. The van der Waals surface area contributed by atoms with Crippen LogP contribution in [-0.4, -0.2) is 40.7 Å². The molecule has 43 heavy (non-hydrogen) atoms. The number of ketones is 1. The standard InChI is InChI=1S/C35H42FNO5S/c1-6-33(4)19-28(34(5)21(2)14-16-35(22(3)31(33)40)17-15-27(38)30(34)35)42-29(39)20-43-26-12-10-25(11-13-26)37-32(41)23-8-7-9-24(36)18-23/h6-13,18,21-22,28,30-31,40H,1,14-17,19-20H2,2-5H3,(H,37,41)/t21-,22+,28-,30+,31+,33-,34+,35+/m1/s1. The molecule has 0 unspecified atom stereocenters.